The summed E-state index contributed by atoms with van der Waals surface area (Å²) < 4.78 is 0. The first kappa shape index (κ1) is 11.4. The van der Waals surface area contributed by atoms with E-state index in [0.29, 0.717) is 6.04 Å². The molecule has 2 aromatic rings. The van der Waals surface area contributed by atoms with E-state index < -0.39 is 0 Å². The lowest BCUT2D eigenvalue weighted by Crippen LogP contribution is -2.37. The lowest BCUT2D eigenvalue weighted by molar-refractivity contribution is 0.258. The van der Waals surface area contributed by atoms with Crippen LogP contribution in [0.5, 0.6) is 0 Å². The largest absolute Gasteiger partial charge is 0.348 e. The molecular weight excluding hydrogens is 224 g/mol. The third-order valence-electron chi connectivity index (χ3n) is 3.44. The minimum absolute atomic E-state index is 0.380. The van der Waals surface area contributed by atoms with Crippen LogP contribution in [0.1, 0.15) is 23.0 Å². The van der Waals surface area contributed by atoms with Crippen LogP contribution in [0, 0.1) is 0 Å². The number of aromatic nitrogens is 2. The molecule has 1 aromatic carbocycles. The molecule has 0 radical (unpaired) electrons. The summed E-state index contributed by atoms with van der Waals surface area (Å²) in [7, 11) is 2.16. The molecule has 1 aliphatic rings. The van der Waals surface area contributed by atoms with Gasteiger partial charge in [0.05, 0.1) is 6.54 Å². The van der Waals surface area contributed by atoms with E-state index in [9.17, 15) is 0 Å². The van der Waals surface area contributed by atoms with Crippen LogP contribution in [0.15, 0.2) is 36.7 Å². The molecule has 0 fully saturated rings. The van der Waals surface area contributed by atoms with Crippen molar-refractivity contribution in [3.05, 3.63) is 53.6 Å². The van der Waals surface area contributed by atoms with Crippen LogP contribution >= 0.6 is 0 Å². The van der Waals surface area contributed by atoms with Gasteiger partial charge in [-0.25, -0.2) is 4.98 Å². The van der Waals surface area contributed by atoms with E-state index in [0.717, 1.165) is 25.5 Å². The third kappa shape index (κ3) is 2.30. The Kier molecular flexibility index (Phi) is 3.13. The topological polar surface area (TPSA) is 44.0 Å². The molecule has 3 rings (SSSR count). The number of hydrogen-bond donors (Lipinski definition) is 2. The number of aromatic amines is 1. The Bertz CT molecular complexity index is 506. The maximum absolute atomic E-state index is 4.24. The SMILES string of the molecule is CN1Cc2ccccc2C(NCc2ncc[nH]2)C1. The monoisotopic (exact) mass is 242 g/mol. The zero-order valence-corrected chi connectivity index (χ0v) is 10.6. The number of H-pyrrole nitrogens is 1. The number of rotatable bonds is 3. The molecule has 0 aliphatic carbocycles. The highest BCUT2D eigenvalue weighted by atomic mass is 15.1. The average Bonchev–Trinajstić information content (AvgIpc) is 2.89. The van der Waals surface area contributed by atoms with Crippen LogP contribution in [-0.2, 0) is 13.1 Å². The summed E-state index contributed by atoms with van der Waals surface area (Å²) >= 11 is 0. The molecular formula is C14H18N4. The Hall–Kier alpha value is -1.65. The van der Waals surface area contributed by atoms with Gasteiger partial charge in [-0.1, -0.05) is 24.3 Å². The molecule has 0 saturated carbocycles. The van der Waals surface area contributed by atoms with Gasteiger partial charge in [0.1, 0.15) is 5.82 Å². The summed E-state index contributed by atoms with van der Waals surface area (Å²) in [4.78, 5) is 9.72. The molecule has 2 N–H and O–H groups in total. The highest BCUT2D eigenvalue weighted by Gasteiger charge is 2.22. The van der Waals surface area contributed by atoms with Crippen molar-refractivity contribution < 1.29 is 0 Å². The van der Waals surface area contributed by atoms with Gasteiger partial charge in [-0.2, -0.15) is 0 Å². The fourth-order valence-corrected chi connectivity index (χ4v) is 2.57. The van der Waals surface area contributed by atoms with E-state index in [4.69, 9.17) is 0 Å². The van der Waals surface area contributed by atoms with Crippen molar-refractivity contribution in [3.8, 4) is 0 Å². The van der Waals surface area contributed by atoms with Gasteiger partial charge in [-0.3, -0.25) is 0 Å². The lowest BCUT2D eigenvalue weighted by Gasteiger charge is -2.32. The third-order valence-corrected chi connectivity index (χ3v) is 3.44. The molecule has 0 amide bonds. The smallest absolute Gasteiger partial charge is 0.120 e. The number of imidazole rings is 1. The molecule has 0 bridgehead atoms. The van der Waals surface area contributed by atoms with Crippen LogP contribution in [0.4, 0.5) is 0 Å². The fraction of sp³-hybridized carbons (Fsp3) is 0.357. The molecule has 0 saturated heterocycles. The maximum Gasteiger partial charge on any atom is 0.120 e. The lowest BCUT2D eigenvalue weighted by atomic mass is 9.96. The summed E-state index contributed by atoms with van der Waals surface area (Å²) in [6.07, 6.45) is 3.65. The van der Waals surface area contributed by atoms with Crippen molar-refractivity contribution in [2.24, 2.45) is 0 Å². The summed E-state index contributed by atoms with van der Waals surface area (Å²) in [6.45, 7) is 2.85. The van der Waals surface area contributed by atoms with Crippen molar-refractivity contribution in [1.82, 2.24) is 20.2 Å². The average molecular weight is 242 g/mol. The van der Waals surface area contributed by atoms with Gasteiger partial charge in [-0.15, -0.1) is 0 Å². The molecule has 2 heterocycles. The van der Waals surface area contributed by atoms with Gasteiger partial charge in [0, 0.05) is 31.5 Å². The van der Waals surface area contributed by atoms with Crippen molar-refractivity contribution in [1.29, 1.82) is 0 Å². The molecule has 1 aromatic heterocycles. The Morgan fingerprint density at radius 3 is 3.17 bits per heavy atom. The number of likely N-dealkylation sites (N-methyl/N-ethyl adjacent to an activating group) is 1. The minimum atomic E-state index is 0.380. The molecule has 18 heavy (non-hydrogen) atoms. The molecule has 1 unspecified atom stereocenters. The second kappa shape index (κ2) is 4.92. The second-order valence-electron chi connectivity index (χ2n) is 4.86. The molecule has 1 atom stereocenters. The van der Waals surface area contributed by atoms with Gasteiger partial charge >= 0.3 is 0 Å². The van der Waals surface area contributed by atoms with E-state index in [2.05, 4.69) is 51.5 Å². The Morgan fingerprint density at radius 1 is 1.44 bits per heavy atom. The van der Waals surface area contributed by atoms with E-state index in [-0.39, 0.29) is 0 Å². The van der Waals surface area contributed by atoms with Crippen molar-refractivity contribution in [2.75, 3.05) is 13.6 Å². The highest BCUT2D eigenvalue weighted by molar-refractivity contribution is 5.32. The summed E-state index contributed by atoms with van der Waals surface area (Å²) in [5.41, 5.74) is 2.84. The van der Waals surface area contributed by atoms with Crippen LogP contribution in [0.2, 0.25) is 0 Å². The van der Waals surface area contributed by atoms with Crippen molar-refractivity contribution in [3.63, 3.8) is 0 Å². The van der Waals surface area contributed by atoms with Crippen molar-refractivity contribution >= 4 is 0 Å². The highest BCUT2D eigenvalue weighted by Crippen LogP contribution is 2.25. The molecule has 4 nitrogen and oxygen atoms in total. The predicted molar refractivity (Wildman–Crippen MR) is 70.9 cm³/mol. The number of benzene rings is 1. The Labute approximate surface area is 107 Å². The minimum Gasteiger partial charge on any atom is -0.348 e. The number of fused-ring (bicyclic) bond motifs is 1. The maximum atomic E-state index is 4.24. The zero-order chi connectivity index (χ0) is 12.4. The van der Waals surface area contributed by atoms with Gasteiger partial charge in [0.25, 0.3) is 0 Å². The quantitative estimate of drug-likeness (QED) is 0.860. The first-order valence-corrected chi connectivity index (χ1v) is 6.31. The van der Waals surface area contributed by atoms with Crippen molar-refractivity contribution in [2.45, 2.75) is 19.1 Å². The second-order valence-corrected chi connectivity index (χ2v) is 4.86. The van der Waals surface area contributed by atoms with E-state index >= 15 is 0 Å². The molecule has 1 aliphatic heterocycles. The normalized spacial score (nSPS) is 19.7. The van der Waals surface area contributed by atoms with Crippen LogP contribution in [0.3, 0.4) is 0 Å². The number of nitrogens with zero attached hydrogens (tertiary/aromatic N) is 2. The van der Waals surface area contributed by atoms with Crippen LogP contribution < -0.4 is 5.32 Å². The summed E-state index contributed by atoms with van der Waals surface area (Å²) in [5.74, 6) is 0.987. The van der Waals surface area contributed by atoms with Gasteiger partial charge < -0.3 is 15.2 Å². The molecule has 0 spiro atoms. The standard InChI is InChI=1S/C14H18N4/c1-18-9-11-4-2-3-5-12(11)13(10-18)17-8-14-15-6-7-16-14/h2-7,13,17H,8-10H2,1H3,(H,15,16). The predicted octanol–water partition coefficient (Wildman–Crippen LogP) is 1.69. The Balaban J connectivity index is 1.76. The summed E-state index contributed by atoms with van der Waals surface area (Å²) in [5, 5.41) is 3.58. The van der Waals surface area contributed by atoms with E-state index in [1.807, 2.05) is 6.20 Å². The Morgan fingerprint density at radius 2 is 2.33 bits per heavy atom. The first-order chi connectivity index (χ1) is 8.83. The summed E-state index contributed by atoms with van der Waals surface area (Å²) in [6, 6.07) is 9.05. The molecule has 4 heteroatoms. The zero-order valence-electron chi connectivity index (χ0n) is 10.6. The van der Waals surface area contributed by atoms with E-state index in [1.54, 1.807) is 6.20 Å². The van der Waals surface area contributed by atoms with Gasteiger partial charge in [0.15, 0.2) is 0 Å². The van der Waals surface area contributed by atoms with Crippen LogP contribution in [-0.4, -0.2) is 28.5 Å². The van der Waals surface area contributed by atoms with Gasteiger partial charge in [0.2, 0.25) is 0 Å². The fourth-order valence-electron chi connectivity index (χ4n) is 2.57. The molecule has 94 valence electrons. The first-order valence-electron chi connectivity index (χ1n) is 6.31. The van der Waals surface area contributed by atoms with E-state index in [1.165, 1.54) is 11.1 Å². The number of hydrogen-bond acceptors (Lipinski definition) is 3. The van der Waals surface area contributed by atoms with Gasteiger partial charge in [-0.05, 0) is 18.2 Å². The van der Waals surface area contributed by atoms with Crippen LogP contribution in [0.25, 0.3) is 0 Å². The number of nitrogens with one attached hydrogen (secondary N) is 2.